The lowest BCUT2D eigenvalue weighted by molar-refractivity contribution is 0.539. The van der Waals surface area contributed by atoms with Crippen LogP contribution in [0.25, 0.3) is 0 Å². The second-order valence-corrected chi connectivity index (χ2v) is 4.13. The van der Waals surface area contributed by atoms with Gasteiger partial charge in [0, 0.05) is 4.43 Å². The number of alkyl halides is 1. The summed E-state index contributed by atoms with van der Waals surface area (Å²) in [7, 11) is 0. The number of halogens is 1. The number of allylic oxidation sites excluding steroid dienone is 2. The molecule has 0 aromatic heterocycles. The van der Waals surface area contributed by atoms with Crippen LogP contribution in [0.4, 0.5) is 0 Å². The van der Waals surface area contributed by atoms with Gasteiger partial charge in [-0.15, -0.1) is 13.2 Å². The van der Waals surface area contributed by atoms with Crippen molar-refractivity contribution in [3.05, 3.63) is 25.3 Å². The Bertz CT molecular complexity index is 118. The molecule has 0 N–H and O–H groups in total. The molecule has 0 fully saturated rings. The van der Waals surface area contributed by atoms with Crippen molar-refractivity contribution in [2.75, 3.05) is 4.43 Å². The van der Waals surface area contributed by atoms with Gasteiger partial charge in [0.15, 0.2) is 0 Å². The summed E-state index contributed by atoms with van der Waals surface area (Å²) < 4.78 is 1.25. The molecule has 0 saturated carbocycles. The van der Waals surface area contributed by atoms with E-state index < -0.39 is 0 Å². The van der Waals surface area contributed by atoms with Crippen molar-refractivity contribution in [3.8, 4) is 0 Å². The van der Waals surface area contributed by atoms with Gasteiger partial charge in [0.1, 0.15) is 0 Å². The van der Waals surface area contributed by atoms with Gasteiger partial charge in [0.2, 0.25) is 0 Å². The van der Waals surface area contributed by atoms with Gasteiger partial charge in [-0.05, 0) is 31.6 Å². The average Bonchev–Trinajstić information content (AvgIpc) is 2.10. The summed E-state index contributed by atoms with van der Waals surface area (Å²) in [6.45, 7) is 7.57. The van der Waals surface area contributed by atoms with E-state index in [2.05, 4.69) is 41.8 Å². The molecule has 0 aromatic carbocycles. The largest absolute Gasteiger partial charge is 0.103 e. The second-order valence-electron chi connectivity index (χ2n) is 3.05. The molecule has 0 spiro atoms. The van der Waals surface area contributed by atoms with Crippen LogP contribution < -0.4 is 0 Å². The zero-order chi connectivity index (χ0) is 9.23. The van der Waals surface area contributed by atoms with E-state index in [1.54, 1.807) is 0 Å². The number of hydrogen-bond acceptors (Lipinski definition) is 0. The number of rotatable bonds is 8. The highest BCUT2D eigenvalue weighted by molar-refractivity contribution is 14.1. The van der Waals surface area contributed by atoms with Crippen molar-refractivity contribution in [1.29, 1.82) is 0 Å². The van der Waals surface area contributed by atoms with Gasteiger partial charge in [-0.1, -0.05) is 41.2 Å². The number of hydrogen-bond donors (Lipinski definition) is 0. The highest BCUT2D eigenvalue weighted by atomic mass is 127. The molecule has 0 heterocycles. The molecular formula is C11H19I. The molecule has 0 radical (unpaired) electrons. The minimum atomic E-state index is 0.742. The Morgan fingerprint density at radius 3 is 2.42 bits per heavy atom. The summed E-state index contributed by atoms with van der Waals surface area (Å²) in [4.78, 5) is 0. The summed E-state index contributed by atoms with van der Waals surface area (Å²) in [6.07, 6.45) is 10.5. The van der Waals surface area contributed by atoms with E-state index in [1.807, 2.05) is 6.08 Å². The first-order valence-corrected chi connectivity index (χ1v) is 6.17. The standard InChI is InChI=1S/C11H19I/c1-3-5-6-7-8-11(4-2)9-10-12/h3-4,11H,1-2,5-10H2. The Labute approximate surface area is 90.3 Å². The summed E-state index contributed by atoms with van der Waals surface area (Å²) in [5, 5.41) is 0. The average molecular weight is 278 g/mol. The SMILES string of the molecule is C=CCCCCC(C=C)CCI. The molecule has 1 atom stereocenters. The third kappa shape index (κ3) is 6.89. The van der Waals surface area contributed by atoms with Gasteiger partial charge in [0.25, 0.3) is 0 Å². The fraction of sp³-hybridized carbons (Fsp3) is 0.636. The van der Waals surface area contributed by atoms with Gasteiger partial charge in [-0.25, -0.2) is 0 Å². The summed E-state index contributed by atoms with van der Waals surface area (Å²) >= 11 is 2.43. The Hall–Kier alpha value is 0.210. The number of unbranched alkanes of at least 4 members (excludes halogenated alkanes) is 2. The highest BCUT2D eigenvalue weighted by Gasteiger charge is 2.01. The van der Waals surface area contributed by atoms with E-state index in [4.69, 9.17) is 0 Å². The maximum Gasteiger partial charge on any atom is 0.0000871 e. The lowest BCUT2D eigenvalue weighted by atomic mass is 9.99. The van der Waals surface area contributed by atoms with Crippen molar-refractivity contribution >= 4 is 22.6 Å². The molecule has 0 nitrogen and oxygen atoms in total. The predicted octanol–water partition coefficient (Wildman–Crippen LogP) is 4.36. The topological polar surface area (TPSA) is 0 Å². The van der Waals surface area contributed by atoms with Crippen LogP contribution in [-0.4, -0.2) is 4.43 Å². The summed E-state index contributed by atoms with van der Waals surface area (Å²) in [5.41, 5.74) is 0. The van der Waals surface area contributed by atoms with Crippen LogP contribution in [0, 0.1) is 5.92 Å². The van der Waals surface area contributed by atoms with Crippen molar-refractivity contribution in [1.82, 2.24) is 0 Å². The molecule has 70 valence electrons. The second kappa shape index (κ2) is 9.30. The van der Waals surface area contributed by atoms with E-state index in [9.17, 15) is 0 Å². The lowest BCUT2D eigenvalue weighted by Gasteiger charge is -2.09. The lowest BCUT2D eigenvalue weighted by Crippen LogP contribution is -1.96. The van der Waals surface area contributed by atoms with Gasteiger partial charge in [-0.2, -0.15) is 0 Å². The smallest absolute Gasteiger partial charge is 0.0000871 e. The first kappa shape index (κ1) is 12.2. The Morgan fingerprint density at radius 2 is 1.92 bits per heavy atom. The third-order valence-corrected chi connectivity index (χ3v) is 2.67. The maximum atomic E-state index is 3.86. The van der Waals surface area contributed by atoms with E-state index >= 15 is 0 Å². The van der Waals surface area contributed by atoms with Gasteiger partial charge in [0.05, 0.1) is 0 Å². The maximum absolute atomic E-state index is 3.86. The van der Waals surface area contributed by atoms with Gasteiger partial charge in [-0.3, -0.25) is 0 Å². The quantitative estimate of drug-likeness (QED) is 0.268. The van der Waals surface area contributed by atoms with E-state index in [0.29, 0.717) is 0 Å². The molecule has 0 aliphatic carbocycles. The Morgan fingerprint density at radius 1 is 1.17 bits per heavy atom. The van der Waals surface area contributed by atoms with Crippen LogP contribution in [0.2, 0.25) is 0 Å². The van der Waals surface area contributed by atoms with Gasteiger partial charge >= 0.3 is 0 Å². The fourth-order valence-corrected chi connectivity index (χ4v) is 2.02. The van der Waals surface area contributed by atoms with Crippen molar-refractivity contribution in [3.63, 3.8) is 0 Å². The fourth-order valence-electron chi connectivity index (χ4n) is 1.22. The van der Waals surface area contributed by atoms with Crippen molar-refractivity contribution in [2.24, 2.45) is 5.92 Å². The summed E-state index contributed by atoms with van der Waals surface area (Å²) in [5.74, 6) is 0.742. The van der Waals surface area contributed by atoms with Crippen LogP contribution in [-0.2, 0) is 0 Å². The molecule has 0 rings (SSSR count). The molecule has 0 amide bonds. The van der Waals surface area contributed by atoms with Gasteiger partial charge < -0.3 is 0 Å². The third-order valence-electron chi connectivity index (χ3n) is 2.05. The molecular weight excluding hydrogens is 259 g/mol. The molecule has 0 aliphatic heterocycles. The molecule has 12 heavy (non-hydrogen) atoms. The van der Waals surface area contributed by atoms with Crippen molar-refractivity contribution in [2.45, 2.75) is 32.1 Å². The van der Waals surface area contributed by atoms with Crippen LogP contribution >= 0.6 is 22.6 Å². The predicted molar refractivity (Wildman–Crippen MR) is 65.9 cm³/mol. The summed E-state index contributed by atoms with van der Waals surface area (Å²) in [6, 6.07) is 0. The van der Waals surface area contributed by atoms with Crippen molar-refractivity contribution < 1.29 is 0 Å². The molecule has 0 aromatic rings. The van der Waals surface area contributed by atoms with Crippen LogP contribution in [0.1, 0.15) is 32.1 Å². The highest BCUT2D eigenvalue weighted by Crippen LogP contribution is 2.15. The zero-order valence-corrected chi connectivity index (χ0v) is 9.92. The molecule has 1 heteroatoms. The van der Waals surface area contributed by atoms with Crippen LogP contribution in [0.5, 0.6) is 0 Å². The van der Waals surface area contributed by atoms with Crippen LogP contribution in [0.3, 0.4) is 0 Å². The molecule has 1 unspecified atom stereocenters. The molecule has 0 saturated heterocycles. The molecule has 0 bridgehead atoms. The minimum absolute atomic E-state index is 0.742. The Balaban J connectivity index is 3.30. The normalized spacial score (nSPS) is 12.4. The Kier molecular flexibility index (Phi) is 9.46. The van der Waals surface area contributed by atoms with E-state index in [0.717, 1.165) is 12.3 Å². The zero-order valence-electron chi connectivity index (χ0n) is 7.77. The molecule has 0 aliphatic rings. The first-order valence-electron chi connectivity index (χ1n) is 4.64. The van der Waals surface area contributed by atoms with E-state index in [-0.39, 0.29) is 0 Å². The first-order chi connectivity index (χ1) is 5.85. The van der Waals surface area contributed by atoms with E-state index in [1.165, 1.54) is 30.1 Å². The monoisotopic (exact) mass is 278 g/mol. The van der Waals surface area contributed by atoms with Crippen LogP contribution in [0.15, 0.2) is 25.3 Å². The minimum Gasteiger partial charge on any atom is -0.103 e.